The second kappa shape index (κ2) is 4.71. The Morgan fingerprint density at radius 3 is 2.64 bits per heavy atom. The van der Waals surface area contributed by atoms with E-state index in [1.165, 1.54) is 10.3 Å². The molecular formula is C18H17NO2S. The van der Waals surface area contributed by atoms with Gasteiger partial charge in [0.1, 0.15) is 5.01 Å². The van der Waals surface area contributed by atoms with Crippen LogP contribution in [0.4, 0.5) is 0 Å². The normalized spacial score (nSPS) is 13.8. The Hall–Kier alpha value is -2.07. The Morgan fingerprint density at radius 1 is 1.00 bits per heavy atom. The lowest BCUT2D eigenvalue weighted by Gasteiger charge is -2.18. The number of rotatable bonds is 1. The zero-order valence-electron chi connectivity index (χ0n) is 12.8. The van der Waals surface area contributed by atoms with Crippen LogP contribution >= 0.6 is 11.3 Å². The summed E-state index contributed by atoms with van der Waals surface area (Å²) in [4.78, 5) is 4.75. The van der Waals surface area contributed by atoms with Crippen molar-refractivity contribution in [2.75, 3.05) is 6.79 Å². The summed E-state index contributed by atoms with van der Waals surface area (Å²) in [5, 5.41) is 1.01. The van der Waals surface area contributed by atoms with Gasteiger partial charge in [0.25, 0.3) is 0 Å². The Balaban J connectivity index is 1.79. The first-order valence-electron chi connectivity index (χ1n) is 7.32. The van der Waals surface area contributed by atoms with Crippen molar-refractivity contribution >= 4 is 21.6 Å². The van der Waals surface area contributed by atoms with Crippen molar-refractivity contribution in [2.24, 2.45) is 0 Å². The zero-order valence-corrected chi connectivity index (χ0v) is 13.7. The Morgan fingerprint density at radius 2 is 1.82 bits per heavy atom. The maximum Gasteiger partial charge on any atom is 0.231 e. The van der Waals surface area contributed by atoms with Gasteiger partial charge < -0.3 is 9.47 Å². The van der Waals surface area contributed by atoms with Gasteiger partial charge in [0, 0.05) is 5.56 Å². The molecule has 0 bridgehead atoms. The monoisotopic (exact) mass is 311 g/mol. The molecule has 2 heterocycles. The summed E-state index contributed by atoms with van der Waals surface area (Å²) in [6, 6.07) is 12.5. The molecule has 2 aromatic carbocycles. The van der Waals surface area contributed by atoms with E-state index in [9.17, 15) is 0 Å². The van der Waals surface area contributed by atoms with Crippen LogP contribution in [0, 0.1) is 0 Å². The third kappa shape index (κ3) is 2.24. The van der Waals surface area contributed by atoms with Crippen LogP contribution in [0.25, 0.3) is 20.8 Å². The van der Waals surface area contributed by atoms with Gasteiger partial charge in [0.15, 0.2) is 11.5 Å². The first-order valence-corrected chi connectivity index (χ1v) is 8.13. The van der Waals surface area contributed by atoms with E-state index < -0.39 is 0 Å². The topological polar surface area (TPSA) is 31.4 Å². The molecule has 0 aliphatic carbocycles. The largest absolute Gasteiger partial charge is 0.454 e. The zero-order chi connectivity index (χ0) is 15.3. The molecule has 3 nitrogen and oxygen atoms in total. The molecule has 4 heteroatoms. The highest BCUT2D eigenvalue weighted by atomic mass is 32.1. The Labute approximate surface area is 133 Å². The molecule has 0 saturated heterocycles. The van der Waals surface area contributed by atoms with Crippen LogP contribution in [0.5, 0.6) is 11.5 Å². The number of benzene rings is 2. The summed E-state index contributed by atoms with van der Waals surface area (Å²) >= 11 is 1.72. The molecule has 1 aliphatic heterocycles. The predicted octanol–water partition coefficient (Wildman–Crippen LogP) is 4.99. The first kappa shape index (κ1) is 13.6. The summed E-state index contributed by atoms with van der Waals surface area (Å²) in [7, 11) is 0. The van der Waals surface area contributed by atoms with E-state index in [-0.39, 0.29) is 5.41 Å². The fourth-order valence-corrected chi connectivity index (χ4v) is 3.55. The highest BCUT2D eigenvalue weighted by Gasteiger charge is 2.17. The van der Waals surface area contributed by atoms with Crippen LogP contribution in [0.2, 0.25) is 0 Å². The van der Waals surface area contributed by atoms with E-state index in [0.717, 1.165) is 27.6 Å². The molecule has 0 saturated carbocycles. The van der Waals surface area contributed by atoms with E-state index in [2.05, 4.69) is 39.0 Å². The third-order valence-corrected chi connectivity index (χ3v) is 4.94. The highest BCUT2D eigenvalue weighted by Crippen LogP contribution is 2.38. The minimum absolute atomic E-state index is 0.150. The number of nitrogens with zero attached hydrogens (tertiary/aromatic N) is 1. The Bertz CT molecular complexity index is 861. The summed E-state index contributed by atoms with van der Waals surface area (Å²) in [5.74, 6) is 1.60. The van der Waals surface area contributed by atoms with Crippen molar-refractivity contribution < 1.29 is 9.47 Å². The summed E-state index contributed by atoms with van der Waals surface area (Å²) in [6.45, 7) is 6.99. The van der Waals surface area contributed by atoms with E-state index in [0.29, 0.717) is 6.79 Å². The molecule has 0 unspecified atom stereocenters. The molecule has 0 N–H and O–H groups in total. The lowest BCUT2D eigenvalue weighted by Crippen LogP contribution is -2.10. The van der Waals surface area contributed by atoms with Gasteiger partial charge in [0.05, 0.1) is 10.2 Å². The van der Waals surface area contributed by atoms with Gasteiger partial charge in [-0.15, -0.1) is 11.3 Å². The van der Waals surface area contributed by atoms with Crippen LogP contribution < -0.4 is 9.47 Å². The van der Waals surface area contributed by atoms with Gasteiger partial charge in [-0.1, -0.05) is 26.8 Å². The number of fused-ring (bicyclic) bond motifs is 2. The fraction of sp³-hybridized carbons (Fsp3) is 0.278. The number of hydrogen-bond donors (Lipinski definition) is 0. The van der Waals surface area contributed by atoms with E-state index in [1.807, 2.05) is 18.2 Å². The molecule has 22 heavy (non-hydrogen) atoms. The molecule has 0 amide bonds. The smallest absolute Gasteiger partial charge is 0.231 e. The third-order valence-electron chi connectivity index (χ3n) is 3.87. The van der Waals surface area contributed by atoms with Crippen LogP contribution in [-0.4, -0.2) is 11.8 Å². The summed E-state index contributed by atoms with van der Waals surface area (Å²) < 4.78 is 12.0. The van der Waals surface area contributed by atoms with Gasteiger partial charge in [0.2, 0.25) is 6.79 Å². The van der Waals surface area contributed by atoms with Crippen molar-refractivity contribution in [2.45, 2.75) is 26.2 Å². The van der Waals surface area contributed by atoms with Crippen molar-refractivity contribution in [3.05, 3.63) is 42.0 Å². The fourth-order valence-electron chi connectivity index (χ4n) is 2.54. The molecule has 3 aromatic rings. The molecule has 0 radical (unpaired) electrons. The van der Waals surface area contributed by atoms with Crippen molar-refractivity contribution in [3.63, 3.8) is 0 Å². The van der Waals surface area contributed by atoms with Crippen molar-refractivity contribution in [3.8, 4) is 22.1 Å². The standard InChI is InChI=1S/C18H17NO2S/c1-18(2,3)12-5-6-13-16(9-12)22-17(19-13)11-4-7-14-15(8-11)21-10-20-14/h4-9H,10H2,1-3H3. The number of aromatic nitrogens is 1. The van der Waals surface area contributed by atoms with E-state index in [4.69, 9.17) is 14.5 Å². The quantitative estimate of drug-likeness (QED) is 0.634. The van der Waals surface area contributed by atoms with Gasteiger partial charge in [-0.3, -0.25) is 0 Å². The van der Waals surface area contributed by atoms with Gasteiger partial charge in [-0.25, -0.2) is 4.98 Å². The second-order valence-corrected chi connectivity index (χ2v) is 7.55. The van der Waals surface area contributed by atoms with Crippen LogP contribution in [0.15, 0.2) is 36.4 Å². The molecule has 4 rings (SSSR count). The summed E-state index contributed by atoms with van der Waals surface area (Å²) in [6.07, 6.45) is 0. The maximum atomic E-state index is 5.45. The van der Waals surface area contributed by atoms with E-state index in [1.54, 1.807) is 11.3 Å². The number of ether oxygens (including phenoxy) is 2. The minimum Gasteiger partial charge on any atom is -0.454 e. The van der Waals surface area contributed by atoms with Crippen LogP contribution in [0.3, 0.4) is 0 Å². The molecule has 1 aliphatic rings. The van der Waals surface area contributed by atoms with Gasteiger partial charge >= 0.3 is 0 Å². The average Bonchev–Trinajstić information content (AvgIpc) is 3.10. The summed E-state index contributed by atoms with van der Waals surface area (Å²) in [5.41, 5.74) is 3.60. The Kier molecular flexibility index (Phi) is 2.91. The number of thiazole rings is 1. The molecule has 112 valence electrons. The van der Waals surface area contributed by atoms with Gasteiger partial charge in [-0.05, 0) is 41.3 Å². The maximum absolute atomic E-state index is 5.45. The second-order valence-electron chi connectivity index (χ2n) is 6.52. The first-order chi connectivity index (χ1) is 10.5. The van der Waals surface area contributed by atoms with Crippen LogP contribution in [0.1, 0.15) is 26.3 Å². The highest BCUT2D eigenvalue weighted by molar-refractivity contribution is 7.21. The molecular weight excluding hydrogens is 294 g/mol. The van der Waals surface area contributed by atoms with Gasteiger partial charge in [-0.2, -0.15) is 0 Å². The molecule has 0 fully saturated rings. The van der Waals surface area contributed by atoms with Crippen molar-refractivity contribution in [1.29, 1.82) is 0 Å². The predicted molar refractivity (Wildman–Crippen MR) is 89.9 cm³/mol. The van der Waals surface area contributed by atoms with Crippen molar-refractivity contribution in [1.82, 2.24) is 4.98 Å². The lowest BCUT2D eigenvalue weighted by molar-refractivity contribution is 0.174. The molecule has 1 aromatic heterocycles. The van der Waals surface area contributed by atoms with E-state index >= 15 is 0 Å². The average molecular weight is 311 g/mol. The van der Waals surface area contributed by atoms with Crippen LogP contribution in [-0.2, 0) is 5.41 Å². The molecule has 0 spiro atoms. The SMILES string of the molecule is CC(C)(C)c1ccc2nc(-c3ccc4c(c3)OCO4)sc2c1. The molecule has 0 atom stereocenters. The number of hydrogen-bond acceptors (Lipinski definition) is 4. The minimum atomic E-state index is 0.150. The lowest BCUT2D eigenvalue weighted by atomic mass is 9.87.